The number of rotatable bonds is 4. The summed E-state index contributed by atoms with van der Waals surface area (Å²) in [6, 6.07) is 0. The van der Waals surface area contributed by atoms with Gasteiger partial charge in [-0.05, 0) is 44.7 Å². The summed E-state index contributed by atoms with van der Waals surface area (Å²) in [6.07, 6.45) is 2.67. The second-order valence-electron chi connectivity index (χ2n) is 3.12. The Bertz CT molecular complexity index is 285. The predicted octanol–water partition coefficient (Wildman–Crippen LogP) is 1.48. The highest BCUT2D eigenvalue weighted by molar-refractivity contribution is 9.14. The Hall–Kier alpha value is -0.200. The largest absolute Gasteiger partial charge is 0.376 e. The summed E-state index contributed by atoms with van der Waals surface area (Å²) >= 11 is 6.00. The van der Waals surface area contributed by atoms with E-state index in [9.17, 15) is 9.59 Å². The average Bonchev–Trinajstić information content (AvgIpc) is 2.76. The lowest BCUT2D eigenvalue weighted by Crippen LogP contribution is -2.32. The molecular formula is C9H11Br2NO3. The van der Waals surface area contributed by atoms with Crippen LogP contribution in [0.3, 0.4) is 0 Å². The molecule has 0 radical (unpaired) electrons. The van der Waals surface area contributed by atoms with Crippen molar-refractivity contribution < 1.29 is 14.3 Å². The van der Waals surface area contributed by atoms with E-state index in [1.165, 1.54) is 0 Å². The molecule has 1 heterocycles. The van der Waals surface area contributed by atoms with Gasteiger partial charge >= 0.3 is 0 Å². The second-order valence-corrected chi connectivity index (χ2v) is 4.77. The lowest BCUT2D eigenvalue weighted by molar-refractivity contribution is -0.117. The molecule has 1 aliphatic heterocycles. The second kappa shape index (κ2) is 6.40. The molecule has 0 bridgehead atoms. The van der Waals surface area contributed by atoms with E-state index in [1.54, 1.807) is 0 Å². The van der Waals surface area contributed by atoms with Crippen molar-refractivity contribution in [3.05, 3.63) is 8.96 Å². The minimum absolute atomic E-state index is 0.101. The Balaban J connectivity index is 2.38. The van der Waals surface area contributed by atoms with Crippen molar-refractivity contribution in [3.63, 3.8) is 0 Å². The summed E-state index contributed by atoms with van der Waals surface area (Å²) in [5, 5.41) is 2.68. The number of hydrogen-bond acceptors (Lipinski definition) is 3. The van der Waals surface area contributed by atoms with E-state index in [1.807, 2.05) is 0 Å². The maximum Gasteiger partial charge on any atom is 0.259 e. The highest BCUT2D eigenvalue weighted by Crippen LogP contribution is 2.16. The highest BCUT2D eigenvalue weighted by Gasteiger charge is 2.17. The maximum absolute atomic E-state index is 11.4. The monoisotopic (exact) mass is 339 g/mol. The SMILES string of the molecule is O=C/C(Br)=C(/Br)C(=O)NCC1CCCO1. The quantitative estimate of drug-likeness (QED) is 0.623. The first-order valence-electron chi connectivity index (χ1n) is 4.55. The van der Waals surface area contributed by atoms with Gasteiger partial charge in [0, 0.05) is 13.2 Å². The van der Waals surface area contributed by atoms with Crippen LogP contribution in [-0.2, 0) is 14.3 Å². The normalized spacial score (nSPS) is 22.1. The lowest BCUT2D eigenvalue weighted by Gasteiger charge is -2.10. The van der Waals surface area contributed by atoms with Crippen LogP contribution in [0.5, 0.6) is 0 Å². The molecule has 0 aromatic heterocycles. The van der Waals surface area contributed by atoms with Gasteiger partial charge in [-0.15, -0.1) is 0 Å². The Labute approximate surface area is 105 Å². The van der Waals surface area contributed by atoms with Crippen LogP contribution in [0, 0.1) is 0 Å². The molecule has 1 unspecified atom stereocenters. The number of aldehydes is 1. The van der Waals surface area contributed by atoms with Crippen molar-refractivity contribution in [1.82, 2.24) is 5.32 Å². The third-order valence-electron chi connectivity index (χ3n) is 2.03. The van der Waals surface area contributed by atoms with Crippen molar-refractivity contribution >= 4 is 44.1 Å². The van der Waals surface area contributed by atoms with Gasteiger partial charge in [0.15, 0.2) is 6.29 Å². The first kappa shape index (κ1) is 12.9. The molecule has 1 N–H and O–H groups in total. The topological polar surface area (TPSA) is 55.4 Å². The molecule has 6 heteroatoms. The van der Waals surface area contributed by atoms with Gasteiger partial charge in [-0.3, -0.25) is 9.59 Å². The minimum Gasteiger partial charge on any atom is -0.376 e. The van der Waals surface area contributed by atoms with Crippen molar-refractivity contribution in [1.29, 1.82) is 0 Å². The van der Waals surface area contributed by atoms with E-state index in [-0.39, 0.29) is 21.0 Å². The summed E-state index contributed by atoms with van der Waals surface area (Å²) in [5.74, 6) is -0.315. The first-order valence-corrected chi connectivity index (χ1v) is 6.14. The summed E-state index contributed by atoms with van der Waals surface area (Å²) < 4.78 is 5.75. The van der Waals surface area contributed by atoms with Crippen molar-refractivity contribution in [2.24, 2.45) is 0 Å². The molecular weight excluding hydrogens is 330 g/mol. The van der Waals surface area contributed by atoms with Crippen molar-refractivity contribution in [3.8, 4) is 0 Å². The zero-order chi connectivity index (χ0) is 11.3. The van der Waals surface area contributed by atoms with Crippen LogP contribution < -0.4 is 5.32 Å². The number of ether oxygens (including phenoxy) is 1. The fourth-order valence-electron chi connectivity index (χ4n) is 1.25. The van der Waals surface area contributed by atoms with Gasteiger partial charge in [0.2, 0.25) is 0 Å². The van der Waals surface area contributed by atoms with Crippen LogP contribution >= 0.6 is 31.9 Å². The number of amides is 1. The summed E-state index contributed by atoms with van der Waals surface area (Å²) in [4.78, 5) is 21.8. The molecule has 0 aromatic rings. The van der Waals surface area contributed by atoms with Gasteiger partial charge in [-0.1, -0.05) is 0 Å². The number of allylic oxidation sites excluding steroid dienone is 1. The Kier molecular flexibility index (Phi) is 5.49. The Morgan fingerprint density at radius 2 is 2.27 bits per heavy atom. The van der Waals surface area contributed by atoms with Gasteiger partial charge in [-0.2, -0.15) is 0 Å². The van der Waals surface area contributed by atoms with Crippen molar-refractivity contribution in [2.45, 2.75) is 18.9 Å². The molecule has 1 saturated heterocycles. The summed E-state index contributed by atoms with van der Waals surface area (Å²) in [7, 11) is 0. The van der Waals surface area contributed by atoms with Gasteiger partial charge in [0.1, 0.15) is 0 Å². The van der Waals surface area contributed by atoms with Crippen LogP contribution in [0.4, 0.5) is 0 Å². The molecule has 1 fully saturated rings. The molecule has 0 aromatic carbocycles. The van der Waals surface area contributed by atoms with Gasteiger partial charge < -0.3 is 10.1 Å². The summed E-state index contributed by atoms with van der Waals surface area (Å²) in [5.41, 5.74) is 0. The van der Waals surface area contributed by atoms with Gasteiger partial charge in [0.25, 0.3) is 5.91 Å². The van der Waals surface area contributed by atoms with E-state index >= 15 is 0 Å². The van der Waals surface area contributed by atoms with Crippen LogP contribution in [0.2, 0.25) is 0 Å². The van der Waals surface area contributed by atoms with E-state index in [0.29, 0.717) is 12.8 Å². The third kappa shape index (κ3) is 4.04. The average molecular weight is 341 g/mol. The maximum atomic E-state index is 11.4. The standard InChI is InChI=1S/C9H11Br2NO3/c10-7(5-13)8(11)9(14)12-4-6-2-1-3-15-6/h5-6H,1-4H2,(H,12,14)/b8-7-. The van der Waals surface area contributed by atoms with Crippen molar-refractivity contribution in [2.75, 3.05) is 13.2 Å². The van der Waals surface area contributed by atoms with E-state index < -0.39 is 0 Å². The van der Waals surface area contributed by atoms with E-state index in [0.717, 1.165) is 19.4 Å². The zero-order valence-corrected chi connectivity index (χ0v) is 11.1. The van der Waals surface area contributed by atoms with E-state index in [4.69, 9.17) is 4.74 Å². The molecule has 1 amide bonds. The first-order chi connectivity index (χ1) is 7.15. The fourth-order valence-corrected chi connectivity index (χ4v) is 1.66. The molecule has 0 aliphatic carbocycles. The number of hydrogen-bond donors (Lipinski definition) is 1. The van der Waals surface area contributed by atoms with Gasteiger partial charge in [0.05, 0.1) is 15.1 Å². The molecule has 1 rings (SSSR count). The minimum atomic E-state index is -0.315. The molecule has 0 saturated carbocycles. The molecule has 1 atom stereocenters. The van der Waals surface area contributed by atoms with E-state index in [2.05, 4.69) is 37.2 Å². The lowest BCUT2D eigenvalue weighted by atomic mass is 10.2. The number of nitrogens with one attached hydrogen (secondary N) is 1. The molecule has 0 spiro atoms. The Morgan fingerprint density at radius 3 is 2.80 bits per heavy atom. The Morgan fingerprint density at radius 1 is 1.53 bits per heavy atom. The smallest absolute Gasteiger partial charge is 0.259 e. The zero-order valence-electron chi connectivity index (χ0n) is 7.96. The van der Waals surface area contributed by atoms with Crippen LogP contribution in [0.15, 0.2) is 8.96 Å². The number of carbonyl (C=O) groups excluding carboxylic acids is 2. The molecule has 84 valence electrons. The van der Waals surface area contributed by atoms with Crippen LogP contribution in [0.25, 0.3) is 0 Å². The number of halogens is 2. The fraction of sp³-hybridized carbons (Fsp3) is 0.556. The third-order valence-corrected chi connectivity index (χ3v) is 3.93. The highest BCUT2D eigenvalue weighted by atomic mass is 79.9. The predicted molar refractivity (Wildman–Crippen MR) is 62.9 cm³/mol. The summed E-state index contributed by atoms with van der Waals surface area (Å²) in [6.45, 7) is 1.24. The van der Waals surface area contributed by atoms with Crippen LogP contribution in [0.1, 0.15) is 12.8 Å². The van der Waals surface area contributed by atoms with Gasteiger partial charge in [-0.25, -0.2) is 0 Å². The van der Waals surface area contributed by atoms with Crippen LogP contribution in [-0.4, -0.2) is 31.4 Å². The number of carbonyl (C=O) groups is 2. The molecule has 4 nitrogen and oxygen atoms in total. The molecule has 15 heavy (non-hydrogen) atoms. The molecule has 1 aliphatic rings.